The van der Waals surface area contributed by atoms with Crippen molar-refractivity contribution in [1.29, 1.82) is 0 Å². The van der Waals surface area contributed by atoms with Crippen LogP contribution in [0.4, 0.5) is 0 Å². The van der Waals surface area contributed by atoms with Crippen molar-refractivity contribution in [2.45, 2.75) is 24.7 Å². The van der Waals surface area contributed by atoms with Gasteiger partial charge in [-0.15, -0.1) is 0 Å². The van der Waals surface area contributed by atoms with Gasteiger partial charge in [0, 0.05) is 24.5 Å². The molecule has 21 heavy (non-hydrogen) atoms. The van der Waals surface area contributed by atoms with Crippen LogP contribution in [0.5, 0.6) is 0 Å². The van der Waals surface area contributed by atoms with Crippen LogP contribution in [0.2, 0.25) is 0 Å². The highest BCUT2D eigenvalue weighted by Crippen LogP contribution is 2.21. The lowest BCUT2D eigenvalue weighted by Gasteiger charge is -2.09. The summed E-state index contributed by atoms with van der Waals surface area (Å²) in [6, 6.07) is 6.82. The Kier molecular flexibility index (Phi) is 4.54. The van der Waals surface area contributed by atoms with E-state index in [1.165, 1.54) is 6.07 Å². The number of nitrogens with one attached hydrogen (secondary N) is 1. The Morgan fingerprint density at radius 2 is 2.14 bits per heavy atom. The molecule has 6 nitrogen and oxygen atoms in total. The molecule has 2 rings (SSSR count). The van der Waals surface area contributed by atoms with Crippen molar-refractivity contribution in [2.75, 3.05) is 6.54 Å². The molecule has 0 bridgehead atoms. The Labute approximate surface area is 122 Å². The van der Waals surface area contributed by atoms with E-state index in [9.17, 15) is 13.2 Å². The maximum atomic E-state index is 12.3. The number of rotatable bonds is 6. The fourth-order valence-corrected chi connectivity index (χ4v) is 3.23. The number of para-hydroxylation sites is 1. The van der Waals surface area contributed by atoms with Crippen molar-refractivity contribution in [2.24, 2.45) is 0 Å². The van der Waals surface area contributed by atoms with Gasteiger partial charge in [-0.2, -0.15) is 0 Å². The van der Waals surface area contributed by atoms with Gasteiger partial charge in [-0.25, -0.2) is 13.1 Å². The summed E-state index contributed by atoms with van der Waals surface area (Å²) in [5, 5.41) is 9.29. The molecular formula is C14H16N2O4S. The molecule has 7 heteroatoms. The number of nitrogens with zero attached hydrogens (tertiary/aromatic N) is 1. The number of benzene rings is 1. The third-order valence-electron chi connectivity index (χ3n) is 2.96. The second-order valence-electron chi connectivity index (χ2n) is 4.74. The van der Waals surface area contributed by atoms with Gasteiger partial charge in [0.25, 0.3) is 0 Å². The lowest BCUT2D eigenvalue weighted by Crippen LogP contribution is -2.25. The molecule has 0 spiro atoms. The van der Waals surface area contributed by atoms with Gasteiger partial charge in [0.05, 0.1) is 5.52 Å². The maximum absolute atomic E-state index is 12.3. The Balaban J connectivity index is 2.26. The Morgan fingerprint density at radius 1 is 1.38 bits per heavy atom. The standard InChI is InChI=1S/C14H16N2O4S/c1-10-8-11-4-2-5-12(14(11)15-9-10)21(19,20)16-7-3-6-13(17)18/h2,4-5,8-9,16H,3,6-7H2,1H3,(H,17,18). The van der Waals surface area contributed by atoms with E-state index in [0.717, 1.165) is 10.9 Å². The van der Waals surface area contributed by atoms with Gasteiger partial charge >= 0.3 is 5.97 Å². The van der Waals surface area contributed by atoms with Crippen LogP contribution in [0.25, 0.3) is 10.9 Å². The van der Waals surface area contributed by atoms with Crippen molar-refractivity contribution in [1.82, 2.24) is 9.71 Å². The first kappa shape index (κ1) is 15.4. The van der Waals surface area contributed by atoms with Crippen LogP contribution in [0, 0.1) is 6.92 Å². The van der Waals surface area contributed by atoms with E-state index in [2.05, 4.69) is 9.71 Å². The Hall–Kier alpha value is -1.99. The number of carboxylic acid groups (broad SMARTS) is 1. The molecule has 0 radical (unpaired) electrons. The number of aliphatic carboxylic acids is 1. The third-order valence-corrected chi connectivity index (χ3v) is 4.45. The number of pyridine rings is 1. The zero-order valence-electron chi connectivity index (χ0n) is 11.5. The predicted octanol–water partition coefficient (Wildman–Crippen LogP) is 1.69. The van der Waals surface area contributed by atoms with Crippen molar-refractivity contribution >= 4 is 26.9 Å². The summed E-state index contributed by atoms with van der Waals surface area (Å²) in [5.41, 5.74) is 1.36. The molecule has 0 saturated carbocycles. The number of aromatic nitrogens is 1. The summed E-state index contributed by atoms with van der Waals surface area (Å²) in [7, 11) is -3.70. The van der Waals surface area contributed by atoms with E-state index in [1.807, 2.05) is 13.0 Å². The number of carbonyl (C=O) groups is 1. The third kappa shape index (κ3) is 3.77. The molecule has 1 heterocycles. The summed E-state index contributed by atoms with van der Waals surface area (Å²) >= 11 is 0. The van der Waals surface area contributed by atoms with Gasteiger partial charge in [-0.1, -0.05) is 12.1 Å². The van der Waals surface area contributed by atoms with E-state index >= 15 is 0 Å². The molecule has 2 N–H and O–H groups in total. The lowest BCUT2D eigenvalue weighted by atomic mass is 10.2. The molecule has 0 unspecified atom stereocenters. The van der Waals surface area contributed by atoms with Crippen LogP contribution in [-0.2, 0) is 14.8 Å². The molecule has 0 fully saturated rings. The first-order valence-corrected chi connectivity index (χ1v) is 7.95. The van der Waals surface area contributed by atoms with Crippen molar-refractivity contribution in [3.8, 4) is 0 Å². The topological polar surface area (TPSA) is 96.4 Å². The highest BCUT2D eigenvalue weighted by atomic mass is 32.2. The number of hydrogen-bond acceptors (Lipinski definition) is 4. The molecule has 1 aromatic heterocycles. The summed E-state index contributed by atoms with van der Waals surface area (Å²) in [5.74, 6) is -0.948. The first-order valence-electron chi connectivity index (χ1n) is 6.47. The lowest BCUT2D eigenvalue weighted by molar-refractivity contribution is -0.137. The highest BCUT2D eigenvalue weighted by molar-refractivity contribution is 7.89. The zero-order valence-corrected chi connectivity index (χ0v) is 12.4. The van der Waals surface area contributed by atoms with Crippen LogP contribution in [-0.4, -0.2) is 31.0 Å². The predicted molar refractivity (Wildman–Crippen MR) is 78.5 cm³/mol. The van der Waals surface area contributed by atoms with Crippen LogP contribution >= 0.6 is 0 Å². The highest BCUT2D eigenvalue weighted by Gasteiger charge is 2.17. The van der Waals surface area contributed by atoms with Crippen LogP contribution < -0.4 is 4.72 Å². The van der Waals surface area contributed by atoms with Crippen LogP contribution in [0.15, 0.2) is 35.4 Å². The van der Waals surface area contributed by atoms with E-state index in [0.29, 0.717) is 5.52 Å². The van der Waals surface area contributed by atoms with Gasteiger partial charge in [-0.3, -0.25) is 9.78 Å². The molecule has 1 aromatic carbocycles. The van der Waals surface area contributed by atoms with Crippen molar-refractivity contribution < 1.29 is 18.3 Å². The maximum Gasteiger partial charge on any atom is 0.303 e. The minimum absolute atomic E-state index is 0.0739. The summed E-state index contributed by atoms with van der Waals surface area (Å²) in [4.78, 5) is 14.7. The van der Waals surface area contributed by atoms with Gasteiger partial charge in [0.2, 0.25) is 10.0 Å². The molecule has 0 aliphatic rings. The van der Waals surface area contributed by atoms with Gasteiger partial charge in [0.15, 0.2) is 0 Å². The van der Waals surface area contributed by atoms with E-state index in [-0.39, 0.29) is 24.3 Å². The molecule has 0 aliphatic carbocycles. The number of fused-ring (bicyclic) bond motifs is 1. The molecule has 0 aliphatic heterocycles. The van der Waals surface area contributed by atoms with E-state index in [4.69, 9.17) is 5.11 Å². The fourth-order valence-electron chi connectivity index (χ4n) is 1.98. The number of sulfonamides is 1. The summed E-state index contributed by atoms with van der Waals surface area (Å²) in [6.45, 7) is 1.97. The van der Waals surface area contributed by atoms with E-state index in [1.54, 1.807) is 18.3 Å². The van der Waals surface area contributed by atoms with Gasteiger partial charge < -0.3 is 5.11 Å². The second kappa shape index (κ2) is 6.19. The summed E-state index contributed by atoms with van der Waals surface area (Å²) in [6.07, 6.45) is 1.78. The number of carboxylic acids is 1. The molecule has 2 aromatic rings. The average Bonchev–Trinajstić information content (AvgIpc) is 2.42. The van der Waals surface area contributed by atoms with Crippen LogP contribution in [0.3, 0.4) is 0 Å². The summed E-state index contributed by atoms with van der Waals surface area (Å²) < 4.78 is 27.0. The molecular weight excluding hydrogens is 292 g/mol. The molecule has 0 saturated heterocycles. The van der Waals surface area contributed by atoms with Gasteiger partial charge in [-0.05, 0) is 31.0 Å². The first-order chi connectivity index (χ1) is 9.90. The minimum atomic E-state index is -3.70. The largest absolute Gasteiger partial charge is 0.481 e. The van der Waals surface area contributed by atoms with E-state index < -0.39 is 16.0 Å². The molecule has 0 amide bonds. The Morgan fingerprint density at radius 3 is 2.86 bits per heavy atom. The molecule has 0 atom stereocenters. The number of aryl methyl sites for hydroxylation is 1. The average molecular weight is 308 g/mol. The molecule has 112 valence electrons. The van der Waals surface area contributed by atoms with Gasteiger partial charge in [0.1, 0.15) is 4.90 Å². The fraction of sp³-hybridized carbons (Fsp3) is 0.286. The quantitative estimate of drug-likeness (QED) is 0.792. The number of hydrogen-bond donors (Lipinski definition) is 2. The minimum Gasteiger partial charge on any atom is -0.481 e. The SMILES string of the molecule is Cc1cnc2c(S(=O)(=O)NCCCC(=O)O)cccc2c1. The van der Waals surface area contributed by atoms with Crippen LogP contribution in [0.1, 0.15) is 18.4 Å². The zero-order chi connectivity index (χ0) is 15.5. The smallest absolute Gasteiger partial charge is 0.303 e. The normalized spacial score (nSPS) is 11.7. The second-order valence-corrected chi connectivity index (χ2v) is 6.47. The Bertz CT molecular complexity index is 772. The monoisotopic (exact) mass is 308 g/mol. The van der Waals surface area contributed by atoms with Crippen molar-refractivity contribution in [3.05, 3.63) is 36.0 Å². The van der Waals surface area contributed by atoms with Crippen molar-refractivity contribution in [3.63, 3.8) is 0 Å².